The average Bonchev–Trinajstić information content (AvgIpc) is 3.84. The Bertz CT molecular complexity index is 2760. The van der Waals surface area contributed by atoms with Gasteiger partial charge in [0.1, 0.15) is 58.7 Å². The summed E-state index contributed by atoms with van der Waals surface area (Å²) in [5.74, 6) is -2.33. The van der Waals surface area contributed by atoms with Crippen LogP contribution in [0.3, 0.4) is 0 Å². The van der Waals surface area contributed by atoms with Crippen LogP contribution >= 0.6 is 0 Å². The van der Waals surface area contributed by atoms with Crippen LogP contribution in [-0.4, -0.2) is 139 Å². The second-order valence-corrected chi connectivity index (χ2v) is 19.2. The summed E-state index contributed by atoms with van der Waals surface area (Å²) in [4.78, 5) is 51.8. The van der Waals surface area contributed by atoms with Crippen molar-refractivity contribution in [3.8, 4) is 23.0 Å². The highest BCUT2D eigenvalue weighted by molar-refractivity contribution is 6.14. The average molecular weight is 1010 g/mol. The second kappa shape index (κ2) is 20.4. The molecule has 6 aromatic rings. The Morgan fingerprint density at radius 2 is 0.811 bits per heavy atom. The highest BCUT2D eigenvalue weighted by Crippen LogP contribution is 2.54. The number of hydrogen-bond acceptors (Lipinski definition) is 13. The van der Waals surface area contributed by atoms with E-state index in [0.717, 1.165) is 0 Å². The molecule has 0 bridgehead atoms. The van der Waals surface area contributed by atoms with Gasteiger partial charge in [-0.25, -0.2) is 13.6 Å². The molecule has 2 fully saturated rings. The lowest BCUT2D eigenvalue weighted by atomic mass is 9.70. The minimum atomic E-state index is -1.61. The minimum absolute atomic E-state index is 0.0306. The van der Waals surface area contributed by atoms with Crippen molar-refractivity contribution in [1.82, 2.24) is 9.80 Å². The summed E-state index contributed by atoms with van der Waals surface area (Å²) in [7, 11) is 0. The van der Waals surface area contributed by atoms with E-state index in [4.69, 9.17) is 18.9 Å². The number of phenolic OH excluding ortho intramolecular Hbond substituents is 4. The molecular formula is C57H56F2N4O11. The Morgan fingerprint density at radius 1 is 0.514 bits per heavy atom. The smallest absolute Gasteiger partial charge is 0.508 e. The molecule has 6 aromatic carbocycles. The number of benzene rings is 6. The van der Waals surface area contributed by atoms with Crippen LogP contribution in [0.4, 0.5) is 25.0 Å². The Morgan fingerprint density at radius 3 is 1.11 bits per heavy atom. The fourth-order valence-corrected chi connectivity index (χ4v) is 11.2. The predicted octanol–water partition coefficient (Wildman–Crippen LogP) is 7.02. The normalized spacial score (nSPS) is 18.2. The minimum Gasteiger partial charge on any atom is -0.508 e. The molecule has 0 saturated carbocycles. The molecule has 10 rings (SSSR count). The predicted molar refractivity (Wildman–Crippen MR) is 269 cm³/mol. The molecule has 4 aliphatic heterocycles. The number of hydrogen-bond donors (Lipinski definition) is 4. The number of halogens is 2. The summed E-state index contributed by atoms with van der Waals surface area (Å²) in [5.41, 5.74) is 0.0260. The van der Waals surface area contributed by atoms with Crippen LogP contribution in [0.25, 0.3) is 0 Å². The van der Waals surface area contributed by atoms with Gasteiger partial charge < -0.3 is 49.2 Å². The molecule has 17 heteroatoms. The zero-order valence-corrected chi connectivity index (χ0v) is 40.9. The zero-order chi connectivity index (χ0) is 51.9. The van der Waals surface area contributed by atoms with Gasteiger partial charge in [0, 0.05) is 50.4 Å². The van der Waals surface area contributed by atoms with Gasteiger partial charge in [-0.3, -0.25) is 19.4 Å². The van der Waals surface area contributed by atoms with Gasteiger partial charge in [0.15, 0.2) is 0 Å². The summed E-state index contributed by atoms with van der Waals surface area (Å²) in [6, 6.07) is 29.9. The van der Waals surface area contributed by atoms with Gasteiger partial charge in [-0.05, 0) is 95.8 Å². The maximum Gasteiger partial charge on any atom is 0.508 e. The molecule has 2 unspecified atom stereocenters. The number of ether oxygens (including phenoxy) is 4. The van der Waals surface area contributed by atoms with Crippen LogP contribution < -0.4 is 9.80 Å². The van der Waals surface area contributed by atoms with Crippen LogP contribution in [0.15, 0.2) is 121 Å². The number of aryl methyl sites for hydroxylation is 2. The SMILES string of the molecule is Cc1ccc2c(c1F)N(CC(COC(=O)OCC(CN1C(=O)C(c3ccc(O)cc3)(c3ccc(O)cc3)c3ccc(C)c(F)c31)N1CCOCC1)N1CCOCC1)C(=O)C2(c1ccc(O)cc1)c1ccc(O)cc1. The van der Waals surface area contributed by atoms with Gasteiger partial charge in [-0.15, -0.1) is 0 Å². The molecule has 2 atom stereocenters. The lowest BCUT2D eigenvalue weighted by Crippen LogP contribution is -2.54. The monoisotopic (exact) mass is 1010 g/mol. The molecule has 4 N–H and O–H groups in total. The molecule has 4 aliphatic rings. The lowest BCUT2D eigenvalue weighted by molar-refractivity contribution is -0.121. The number of rotatable bonds is 14. The number of nitrogens with zero attached hydrogens (tertiary/aromatic N) is 4. The van der Waals surface area contributed by atoms with Crippen LogP contribution in [-0.2, 0) is 39.4 Å². The van der Waals surface area contributed by atoms with E-state index in [1.54, 1.807) is 86.6 Å². The van der Waals surface area contributed by atoms with Gasteiger partial charge >= 0.3 is 6.16 Å². The standard InChI is InChI=1S/C57H56F2N4O11/c1-35-3-21-47-51(49(35)58)62(53(68)56(47,37-5-13-43(64)14-6-37)38-7-15-44(65)16-8-38)31-41(60-23-27-71-28-24-60)33-73-55(70)74-34-42(61-25-29-72-30-26-61)32-63-52-48(22-4-36(2)50(52)59)57(54(63)69,39-9-17-45(66)18-10-39)40-11-19-46(67)20-12-40/h3-22,41-42,64-67H,23-34H2,1-2H3. The highest BCUT2D eigenvalue weighted by atomic mass is 19.1. The molecule has 4 heterocycles. The van der Waals surface area contributed by atoms with Gasteiger partial charge in [0.2, 0.25) is 11.8 Å². The molecule has 0 radical (unpaired) electrons. The summed E-state index contributed by atoms with van der Waals surface area (Å²) < 4.78 is 56.8. The molecule has 74 heavy (non-hydrogen) atoms. The third-order valence-electron chi connectivity index (χ3n) is 15.0. The fourth-order valence-electron chi connectivity index (χ4n) is 11.2. The highest BCUT2D eigenvalue weighted by Gasteiger charge is 2.57. The van der Waals surface area contributed by atoms with Crippen LogP contribution in [0, 0.1) is 25.5 Å². The third kappa shape index (κ3) is 8.72. The van der Waals surface area contributed by atoms with Crippen LogP contribution in [0.5, 0.6) is 23.0 Å². The number of amides is 2. The maximum atomic E-state index is 16.8. The van der Waals surface area contributed by atoms with Crippen molar-refractivity contribution in [3.05, 3.63) is 177 Å². The van der Waals surface area contributed by atoms with E-state index in [0.29, 0.717) is 97.1 Å². The number of carbonyl (C=O) groups is 3. The summed E-state index contributed by atoms with van der Waals surface area (Å²) in [5, 5.41) is 41.3. The summed E-state index contributed by atoms with van der Waals surface area (Å²) >= 11 is 0. The van der Waals surface area contributed by atoms with Crippen molar-refractivity contribution in [3.63, 3.8) is 0 Å². The Labute approximate surface area is 426 Å². The number of anilines is 2. The first kappa shape index (κ1) is 50.0. The molecule has 2 saturated heterocycles. The third-order valence-corrected chi connectivity index (χ3v) is 15.0. The number of aromatic hydroxyl groups is 4. The van der Waals surface area contributed by atoms with E-state index in [1.807, 2.05) is 9.80 Å². The van der Waals surface area contributed by atoms with E-state index in [2.05, 4.69) is 0 Å². The van der Waals surface area contributed by atoms with Crippen molar-refractivity contribution in [2.24, 2.45) is 0 Å². The Kier molecular flexibility index (Phi) is 13.8. The first-order valence-electron chi connectivity index (χ1n) is 24.6. The molecule has 2 amide bonds. The lowest BCUT2D eigenvalue weighted by Gasteiger charge is -2.37. The van der Waals surface area contributed by atoms with Crippen molar-refractivity contribution >= 4 is 29.3 Å². The van der Waals surface area contributed by atoms with E-state index in [1.165, 1.54) is 58.3 Å². The van der Waals surface area contributed by atoms with Crippen LogP contribution in [0.2, 0.25) is 0 Å². The van der Waals surface area contributed by atoms with Gasteiger partial charge in [0.05, 0.1) is 49.9 Å². The van der Waals surface area contributed by atoms with E-state index >= 15 is 18.4 Å². The first-order chi connectivity index (χ1) is 35.7. The summed E-state index contributed by atoms with van der Waals surface area (Å²) in [6.07, 6.45) is -1.04. The largest absolute Gasteiger partial charge is 0.508 e. The Hall–Kier alpha value is -7.57. The Balaban J connectivity index is 0.942. The zero-order valence-electron chi connectivity index (χ0n) is 40.9. The van der Waals surface area contributed by atoms with Gasteiger partial charge in [-0.1, -0.05) is 72.8 Å². The quantitative estimate of drug-likeness (QED) is 0.0819. The topological polar surface area (TPSA) is 182 Å². The molecule has 0 aromatic heterocycles. The van der Waals surface area contributed by atoms with E-state index < -0.39 is 52.5 Å². The number of fused-ring (bicyclic) bond motifs is 2. The van der Waals surface area contributed by atoms with Crippen LogP contribution in [0.1, 0.15) is 44.5 Å². The van der Waals surface area contributed by atoms with E-state index in [9.17, 15) is 25.2 Å². The van der Waals surface area contributed by atoms with Gasteiger partial charge in [-0.2, -0.15) is 0 Å². The van der Waals surface area contributed by atoms with E-state index in [-0.39, 0.29) is 60.7 Å². The van der Waals surface area contributed by atoms with Crippen molar-refractivity contribution in [2.75, 3.05) is 88.7 Å². The molecule has 15 nitrogen and oxygen atoms in total. The number of phenols is 4. The molecular weight excluding hydrogens is 955 g/mol. The molecule has 0 aliphatic carbocycles. The number of carbonyl (C=O) groups excluding carboxylic acids is 3. The van der Waals surface area contributed by atoms with Crippen molar-refractivity contribution in [1.29, 1.82) is 0 Å². The van der Waals surface area contributed by atoms with Crippen molar-refractivity contribution in [2.45, 2.75) is 36.8 Å². The van der Waals surface area contributed by atoms with Crippen molar-refractivity contribution < 1.29 is 62.5 Å². The molecule has 384 valence electrons. The van der Waals surface area contributed by atoms with Gasteiger partial charge in [0.25, 0.3) is 0 Å². The summed E-state index contributed by atoms with van der Waals surface area (Å²) in [6.45, 7) is 5.43. The first-order valence-corrected chi connectivity index (χ1v) is 24.6. The maximum absolute atomic E-state index is 16.8. The second-order valence-electron chi connectivity index (χ2n) is 19.2. The molecule has 0 spiro atoms. The fraction of sp³-hybridized carbons (Fsp3) is 0.316. The number of morpholine rings is 2.